The third-order valence-electron chi connectivity index (χ3n) is 2.61. The van der Waals surface area contributed by atoms with E-state index in [1.165, 1.54) is 12.1 Å². The summed E-state index contributed by atoms with van der Waals surface area (Å²) in [6, 6.07) is 7.60. The van der Waals surface area contributed by atoms with Crippen molar-refractivity contribution < 1.29 is 17.2 Å². The molecule has 0 unspecified atom stereocenters. The molecule has 2 aromatic rings. The summed E-state index contributed by atoms with van der Waals surface area (Å²) < 4.78 is 53.9. The van der Waals surface area contributed by atoms with Crippen LogP contribution in [0.3, 0.4) is 0 Å². The van der Waals surface area contributed by atoms with Gasteiger partial charge in [0.05, 0.1) is 0 Å². The predicted molar refractivity (Wildman–Crippen MR) is 76.0 cm³/mol. The number of benzene rings is 2. The second-order valence-corrected chi connectivity index (χ2v) is 6.59. The number of sulfonamides is 1. The molecule has 2 aromatic carbocycles. The zero-order valence-electron chi connectivity index (χ0n) is 10.3. The third kappa shape index (κ3) is 2.99. The maximum atomic E-state index is 13.5. The standard InChI is InChI=1S/C13H10BrF2NO2S/c1-8-5-6-9(7-10(8)14)17-20(18,19)13-11(15)3-2-4-12(13)16/h2-7,17H,1H3. The van der Waals surface area contributed by atoms with E-state index in [0.717, 1.165) is 23.8 Å². The quantitative estimate of drug-likeness (QED) is 0.902. The average Bonchev–Trinajstić information content (AvgIpc) is 2.33. The van der Waals surface area contributed by atoms with Crippen molar-refractivity contribution >= 4 is 31.6 Å². The van der Waals surface area contributed by atoms with Gasteiger partial charge in [0.15, 0.2) is 4.90 Å². The van der Waals surface area contributed by atoms with Gasteiger partial charge >= 0.3 is 0 Å². The molecule has 0 bridgehead atoms. The Balaban J connectivity index is 2.43. The number of nitrogens with one attached hydrogen (secondary N) is 1. The second-order valence-electron chi connectivity index (χ2n) is 4.12. The first-order valence-electron chi connectivity index (χ1n) is 5.54. The Morgan fingerprint density at radius 2 is 1.70 bits per heavy atom. The van der Waals surface area contributed by atoms with Crippen molar-refractivity contribution in [1.29, 1.82) is 0 Å². The fraction of sp³-hybridized carbons (Fsp3) is 0.0769. The van der Waals surface area contributed by atoms with Crippen LogP contribution >= 0.6 is 15.9 Å². The summed E-state index contributed by atoms with van der Waals surface area (Å²) in [6.07, 6.45) is 0. The zero-order chi connectivity index (χ0) is 14.9. The predicted octanol–water partition coefficient (Wildman–Crippen LogP) is 3.84. The van der Waals surface area contributed by atoms with Gasteiger partial charge in [-0.2, -0.15) is 0 Å². The third-order valence-corrected chi connectivity index (χ3v) is 4.90. The fourth-order valence-corrected chi connectivity index (χ4v) is 3.17. The van der Waals surface area contributed by atoms with Gasteiger partial charge in [-0.3, -0.25) is 4.72 Å². The van der Waals surface area contributed by atoms with Crippen molar-refractivity contribution in [1.82, 2.24) is 0 Å². The van der Waals surface area contributed by atoms with Crippen LogP contribution in [-0.4, -0.2) is 8.42 Å². The SMILES string of the molecule is Cc1ccc(NS(=O)(=O)c2c(F)cccc2F)cc1Br. The fourth-order valence-electron chi connectivity index (χ4n) is 1.60. The first kappa shape index (κ1) is 14.9. The summed E-state index contributed by atoms with van der Waals surface area (Å²) in [5.74, 6) is -2.27. The van der Waals surface area contributed by atoms with E-state index in [-0.39, 0.29) is 5.69 Å². The van der Waals surface area contributed by atoms with Crippen LogP contribution in [-0.2, 0) is 10.0 Å². The number of hydrogen-bond acceptors (Lipinski definition) is 2. The minimum atomic E-state index is -4.33. The molecule has 3 nitrogen and oxygen atoms in total. The van der Waals surface area contributed by atoms with E-state index in [4.69, 9.17) is 0 Å². The Morgan fingerprint density at radius 3 is 2.25 bits per heavy atom. The molecule has 0 saturated carbocycles. The molecule has 0 radical (unpaired) electrons. The molecule has 0 saturated heterocycles. The number of hydrogen-bond donors (Lipinski definition) is 1. The molecule has 0 atom stereocenters. The van der Waals surface area contributed by atoms with E-state index in [9.17, 15) is 17.2 Å². The Labute approximate surface area is 123 Å². The van der Waals surface area contributed by atoms with Crippen molar-refractivity contribution in [3.8, 4) is 0 Å². The minimum absolute atomic E-state index is 0.213. The molecule has 0 fully saturated rings. The molecule has 0 heterocycles. The molecule has 20 heavy (non-hydrogen) atoms. The molecule has 0 spiro atoms. The lowest BCUT2D eigenvalue weighted by Gasteiger charge is -2.10. The first-order valence-corrected chi connectivity index (χ1v) is 7.82. The maximum absolute atomic E-state index is 13.5. The van der Waals surface area contributed by atoms with E-state index < -0.39 is 26.6 Å². The summed E-state index contributed by atoms with van der Waals surface area (Å²) in [6.45, 7) is 1.83. The van der Waals surface area contributed by atoms with Gasteiger partial charge in [0.2, 0.25) is 0 Å². The van der Waals surface area contributed by atoms with Crippen LogP contribution in [0.1, 0.15) is 5.56 Å². The van der Waals surface area contributed by atoms with Crippen LogP contribution in [0.15, 0.2) is 45.8 Å². The minimum Gasteiger partial charge on any atom is -0.279 e. The highest BCUT2D eigenvalue weighted by molar-refractivity contribution is 9.10. The Kier molecular flexibility index (Phi) is 4.10. The number of aryl methyl sites for hydroxylation is 1. The van der Waals surface area contributed by atoms with Crippen LogP contribution in [0, 0.1) is 18.6 Å². The summed E-state index contributed by atoms with van der Waals surface area (Å²) in [5.41, 5.74) is 1.12. The highest BCUT2D eigenvalue weighted by Crippen LogP contribution is 2.25. The molecule has 106 valence electrons. The van der Waals surface area contributed by atoms with E-state index in [1.807, 2.05) is 6.92 Å². The van der Waals surface area contributed by atoms with E-state index >= 15 is 0 Å². The summed E-state index contributed by atoms with van der Waals surface area (Å²) in [4.78, 5) is -0.989. The van der Waals surface area contributed by atoms with Gasteiger partial charge in [-0.05, 0) is 36.8 Å². The second kappa shape index (κ2) is 5.49. The summed E-state index contributed by atoms with van der Waals surface area (Å²) in [7, 11) is -4.33. The Hall–Kier alpha value is -1.47. The van der Waals surface area contributed by atoms with Crippen LogP contribution in [0.2, 0.25) is 0 Å². The smallest absolute Gasteiger partial charge is 0.267 e. The monoisotopic (exact) mass is 361 g/mol. The van der Waals surface area contributed by atoms with Crippen LogP contribution in [0.4, 0.5) is 14.5 Å². The van der Waals surface area contributed by atoms with Crippen molar-refractivity contribution in [3.63, 3.8) is 0 Å². The highest BCUT2D eigenvalue weighted by atomic mass is 79.9. The first-order chi connectivity index (χ1) is 9.31. The summed E-state index contributed by atoms with van der Waals surface area (Å²) in [5, 5.41) is 0. The van der Waals surface area contributed by atoms with Gasteiger partial charge in [-0.1, -0.05) is 28.1 Å². The number of rotatable bonds is 3. The maximum Gasteiger partial charge on any atom is 0.267 e. The van der Waals surface area contributed by atoms with Gasteiger partial charge in [-0.25, -0.2) is 17.2 Å². The van der Waals surface area contributed by atoms with Gasteiger partial charge < -0.3 is 0 Å². The van der Waals surface area contributed by atoms with Crippen LogP contribution < -0.4 is 4.72 Å². The molecule has 0 aliphatic carbocycles. The molecule has 0 aliphatic heterocycles. The molecule has 1 N–H and O–H groups in total. The topological polar surface area (TPSA) is 46.2 Å². The van der Waals surface area contributed by atoms with Crippen molar-refractivity contribution in [2.24, 2.45) is 0 Å². The van der Waals surface area contributed by atoms with Gasteiger partial charge in [-0.15, -0.1) is 0 Å². The molecule has 2 rings (SSSR count). The molecular formula is C13H10BrF2NO2S. The molecule has 7 heteroatoms. The Morgan fingerprint density at radius 1 is 1.10 bits per heavy atom. The average molecular weight is 362 g/mol. The number of halogens is 3. The van der Waals surface area contributed by atoms with Crippen molar-refractivity contribution in [2.45, 2.75) is 11.8 Å². The number of anilines is 1. The normalized spacial score (nSPS) is 11.4. The lowest BCUT2D eigenvalue weighted by Crippen LogP contribution is -2.16. The van der Waals surface area contributed by atoms with Gasteiger partial charge in [0.25, 0.3) is 10.0 Å². The van der Waals surface area contributed by atoms with Gasteiger partial charge in [0, 0.05) is 10.2 Å². The van der Waals surface area contributed by atoms with Crippen LogP contribution in [0.25, 0.3) is 0 Å². The Bertz CT molecular complexity index is 743. The molecule has 0 aliphatic rings. The van der Waals surface area contributed by atoms with Gasteiger partial charge in [0.1, 0.15) is 11.6 Å². The molecule has 0 amide bonds. The van der Waals surface area contributed by atoms with E-state index in [2.05, 4.69) is 20.7 Å². The molecular weight excluding hydrogens is 352 g/mol. The van der Waals surface area contributed by atoms with Crippen LogP contribution in [0.5, 0.6) is 0 Å². The zero-order valence-corrected chi connectivity index (χ0v) is 12.7. The van der Waals surface area contributed by atoms with Crippen molar-refractivity contribution in [3.05, 3.63) is 58.1 Å². The van der Waals surface area contributed by atoms with E-state index in [0.29, 0.717) is 4.47 Å². The lowest BCUT2D eigenvalue weighted by molar-refractivity contribution is 0.521. The molecule has 0 aromatic heterocycles. The van der Waals surface area contributed by atoms with Crippen molar-refractivity contribution in [2.75, 3.05) is 4.72 Å². The largest absolute Gasteiger partial charge is 0.279 e. The lowest BCUT2D eigenvalue weighted by atomic mass is 10.2. The summed E-state index contributed by atoms with van der Waals surface area (Å²) >= 11 is 3.26. The highest BCUT2D eigenvalue weighted by Gasteiger charge is 2.23. The van der Waals surface area contributed by atoms with E-state index in [1.54, 1.807) is 6.07 Å².